The average Bonchev–Trinajstić information content (AvgIpc) is 2.58. The molecule has 0 atom stereocenters. The molecule has 2 heterocycles. The van der Waals surface area contributed by atoms with E-state index in [1.54, 1.807) is 11.8 Å². The normalized spacial score (nSPS) is 16.5. The van der Waals surface area contributed by atoms with Crippen LogP contribution in [-0.4, -0.2) is 27.4 Å². The van der Waals surface area contributed by atoms with Crippen molar-refractivity contribution in [3.63, 3.8) is 0 Å². The molecule has 64 valence electrons. The Morgan fingerprint density at radius 3 is 2.92 bits per heavy atom. The van der Waals surface area contributed by atoms with E-state index in [4.69, 9.17) is 12.2 Å². The molecule has 3 nitrogen and oxygen atoms in total. The quantitative estimate of drug-likeness (QED) is 0.709. The number of aliphatic imine (C=N–C) groups is 1. The van der Waals surface area contributed by atoms with Crippen molar-refractivity contribution in [1.29, 1.82) is 0 Å². The highest BCUT2D eigenvalue weighted by Gasteiger charge is 2.15. The van der Waals surface area contributed by atoms with Crippen LogP contribution in [0.3, 0.4) is 0 Å². The van der Waals surface area contributed by atoms with Crippen molar-refractivity contribution in [3.8, 4) is 5.88 Å². The van der Waals surface area contributed by atoms with Crippen molar-refractivity contribution < 1.29 is 5.11 Å². The Hall–Kier alpha value is -0.330. The van der Waals surface area contributed by atoms with E-state index in [9.17, 15) is 5.11 Å². The third-order valence-electron chi connectivity index (χ3n) is 1.41. The Kier molecular flexibility index (Phi) is 2.20. The van der Waals surface area contributed by atoms with Gasteiger partial charge in [0.15, 0.2) is 3.95 Å². The number of thiazole rings is 1. The average molecular weight is 218 g/mol. The molecule has 0 unspecified atom stereocenters. The lowest BCUT2D eigenvalue weighted by molar-refractivity contribution is 0.456. The molecule has 2 N–H and O–H groups in total. The van der Waals surface area contributed by atoms with Gasteiger partial charge in [0.05, 0.1) is 0 Å². The van der Waals surface area contributed by atoms with Gasteiger partial charge in [-0.05, 0) is 12.2 Å². The van der Waals surface area contributed by atoms with Crippen LogP contribution in [0.15, 0.2) is 4.99 Å². The Bertz CT molecular complexity index is 378. The molecule has 1 aliphatic rings. The van der Waals surface area contributed by atoms with Crippen molar-refractivity contribution in [3.05, 3.63) is 8.83 Å². The van der Waals surface area contributed by atoms with Gasteiger partial charge in [-0.25, -0.2) is 0 Å². The van der Waals surface area contributed by atoms with E-state index in [0.717, 1.165) is 22.2 Å². The molecular formula is C6H6N2OS3. The zero-order valence-electron chi connectivity index (χ0n) is 6.03. The minimum atomic E-state index is 0.151. The lowest BCUT2D eigenvalue weighted by atomic mass is 10.5. The standard InChI is InChI=1S/C6H6N2OS3/c9-4-3(12-6(10)8-4)5-7-1-2-11-5/h9H,1-2H2,(H,8,10). The second kappa shape index (κ2) is 3.20. The summed E-state index contributed by atoms with van der Waals surface area (Å²) in [6.07, 6.45) is 0. The lowest BCUT2D eigenvalue weighted by Gasteiger charge is -1.92. The van der Waals surface area contributed by atoms with Gasteiger partial charge >= 0.3 is 0 Å². The third kappa shape index (κ3) is 1.41. The minimum absolute atomic E-state index is 0.151. The van der Waals surface area contributed by atoms with Gasteiger partial charge in [0.1, 0.15) is 9.92 Å². The van der Waals surface area contributed by atoms with E-state index in [1.807, 2.05) is 0 Å². The van der Waals surface area contributed by atoms with Crippen molar-refractivity contribution in [1.82, 2.24) is 4.98 Å². The predicted octanol–water partition coefficient (Wildman–Crippen LogP) is 2.00. The molecule has 0 saturated carbocycles. The zero-order valence-corrected chi connectivity index (χ0v) is 8.48. The molecule has 1 aromatic heterocycles. The largest absolute Gasteiger partial charge is 0.493 e. The summed E-state index contributed by atoms with van der Waals surface area (Å²) in [5.74, 6) is 1.15. The third-order valence-corrected chi connectivity index (χ3v) is 3.76. The molecule has 0 aliphatic carbocycles. The summed E-state index contributed by atoms with van der Waals surface area (Å²) in [6.45, 7) is 0.837. The van der Waals surface area contributed by atoms with E-state index in [-0.39, 0.29) is 5.88 Å². The molecule has 0 fully saturated rings. The highest BCUT2D eigenvalue weighted by atomic mass is 32.2. The first-order valence-electron chi connectivity index (χ1n) is 3.37. The van der Waals surface area contributed by atoms with Gasteiger partial charge in [0, 0.05) is 12.3 Å². The molecule has 1 aliphatic heterocycles. The van der Waals surface area contributed by atoms with Gasteiger partial charge < -0.3 is 10.1 Å². The van der Waals surface area contributed by atoms with Gasteiger partial charge in [-0.15, -0.1) is 11.8 Å². The zero-order chi connectivity index (χ0) is 8.55. The minimum Gasteiger partial charge on any atom is -0.493 e. The van der Waals surface area contributed by atoms with Crippen LogP contribution in [-0.2, 0) is 0 Å². The topological polar surface area (TPSA) is 48.4 Å². The summed E-state index contributed by atoms with van der Waals surface area (Å²) in [5, 5.41) is 10.3. The molecule has 6 heteroatoms. The second-order valence-corrected chi connectivity index (χ2v) is 5.00. The van der Waals surface area contributed by atoms with Crippen LogP contribution in [0.5, 0.6) is 5.88 Å². The maximum absolute atomic E-state index is 9.39. The fourth-order valence-electron chi connectivity index (χ4n) is 0.937. The van der Waals surface area contributed by atoms with Crippen LogP contribution < -0.4 is 0 Å². The van der Waals surface area contributed by atoms with E-state index in [2.05, 4.69) is 9.98 Å². The Labute approximate surface area is 82.6 Å². The van der Waals surface area contributed by atoms with Gasteiger partial charge in [-0.3, -0.25) is 4.99 Å². The summed E-state index contributed by atoms with van der Waals surface area (Å²) in [4.78, 5) is 7.70. The van der Waals surface area contributed by atoms with Gasteiger partial charge in [0.25, 0.3) is 0 Å². The van der Waals surface area contributed by atoms with Crippen LogP contribution in [0, 0.1) is 3.95 Å². The van der Waals surface area contributed by atoms with E-state index in [1.165, 1.54) is 11.3 Å². The molecule has 0 aromatic carbocycles. The van der Waals surface area contributed by atoms with Crippen LogP contribution >= 0.6 is 35.3 Å². The van der Waals surface area contributed by atoms with Gasteiger partial charge in [-0.1, -0.05) is 11.3 Å². The number of rotatable bonds is 1. The fourth-order valence-corrected chi connectivity index (χ4v) is 3.00. The monoisotopic (exact) mass is 218 g/mol. The summed E-state index contributed by atoms with van der Waals surface area (Å²) in [5.41, 5.74) is 0. The molecule has 2 rings (SSSR count). The predicted molar refractivity (Wildman–Crippen MR) is 55.0 cm³/mol. The van der Waals surface area contributed by atoms with Crippen molar-refractivity contribution >= 4 is 40.4 Å². The smallest absolute Gasteiger partial charge is 0.210 e. The highest BCUT2D eigenvalue weighted by Crippen LogP contribution is 2.29. The number of aromatic amines is 1. The van der Waals surface area contributed by atoms with Gasteiger partial charge in [-0.2, -0.15) is 0 Å². The molecule has 0 amide bonds. The number of H-pyrrole nitrogens is 1. The number of hydrogen-bond donors (Lipinski definition) is 2. The summed E-state index contributed by atoms with van der Waals surface area (Å²) >= 11 is 7.92. The Morgan fingerprint density at radius 2 is 2.42 bits per heavy atom. The Morgan fingerprint density at radius 1 is 1.58 bits per heavy atom. The van der Waals surface area contributed by atoms with Gasteiger partial charge in [0.2, 0.25) is 5.88 Å². The van der Waals surface area contributed by atoms with Crippen LogP contribution in [0.4, 0.5) is 0 Å². The maximum Gasteiger partial charge on any atom is 0.210 e. The SMILES string of the molecule is Oc1[nH]c(=S)sc1C1=NCCS1. The first-order chi connectivity index (χ1) is 5.77. The molecule has 0 saturated heterocycles. The van der Waals surface area contributed by atoms with Crippen molar-refractivity contribution in [2.75, 3.05) is 12.3 Å². The summed E-state index contributed by atoms with van der Waals surface area (Å²) < 4.78 is 0.595. The summed E-state index contributed by atoms with van der Waals surface area (Å²) in [6, 6.07) is 0. The van der Waals surface area contributed by atoms with E-state index < -0.39 is 0 Å². The number of hydrogen-bond acceptors (Lipinski definition) is 5. The highest BCUT2D eigenvalue weighted by molar-refractivity contribution is 8.15. The van der Waals surface area contributed by atoms with Crippen molar-refractivity contribution in [2.24, 2.45) is 4.99 Å². The fraction of sp³-hybridized carbons (Fsp3) is 0.333. The molecule has 1 aromatic rings. The molecule has 0 bridgehead atoms. The van der Waals surface area contributed by atoms with Crippen molar-refractivity contribution in [2.45, 2.75) is 0 Å². The van der Waals surface area contributed by atoms with Crippen LogP contribution in [0.25, 0.3) is 0 Å². The first kappa shape index (κ1) is 8.28. The molecule has 12 heavy (non-hydrogen) atoms. The first-order valence-corrected chi connectivity index (χ1v) is 5.58. The maximum atomic E-state index is 9.39. The number of aromatic hydroxyl groups is 1. The number of nitrogens with zero attached hydrogens (tertiary/aromatic N) is 1. The summed E-state index contributed by atoms with van der Waals surface area (Å²) in [7, 11) is 0. The number of aromatic nitrogens is 1. The van der Waals surface area contributed by atoms with E-state index in [0.29, 0.717) is 3.95 Å². The van der Waals surface area contributed by atoms with Crippen LogP contribution in [0.2, 0.25) is 0 Å². The lowest BCUT2D eigenvalue weighted by Crippen LogP contribution is -1.86. The van der Waals surface area contributed by atoms with E-state index >= 15 is 0 Å². The molecule has 0 radical (unpaired) electrons. The van der Waals surface area contributed by atoms with Crippen LogP contribution in [0.1, 0.15) is 4.88 Å². The number of nitrogens with one attached hydrogen (secondary N) is 1. The Balaban J connectivity index is 2.45. The number of thioether (sulfide) groups is 1. The molecule has 0 spiro atoms. The second-order valence-electron chi connectivity index (χ2n) is 2.23. The molecular weight excluding hydrogens is 212 g/mol.